The molecule has 0 aliphatic carbocycles. The van der Waals surface area contributed by atoms with Crippen LogP contribution in [0.4, 0.5) is 13.2 Å². The Labute approximate surface area is 95.7 Å². The lowest BCUT2D eigenvalue weighted by molar-refractivity contribution is -0.139. The Morgan fingerprint density at radius 3 is 2.29 bits per heavy atom. The van der Waals surface area contributed by atoms with Crippen LogP contribution in [0.3, 0.4) is 0 Å². The lowest BCUT2D eigenvalue weighted by Gasteiger charge is -2.12. The first kappa shape index (κ1) is 13.5. The maximum Gasteiger partial charge on any atom is 0.417 e. The van der Waals surface area contributed by atoms with Gasteiger partial charge >= 0.3 is 6.18 Å². The molecule has 8 heteroatoms. The molecular formula is C9H9F3N2O2S. The number of nitrogens with two attached hydrogens (primary N) is 1. The van der Waals surface area contributed by atoms with E-state index < -0.39 is 38.1 Å². The molecule has 0 saturated carbocycles. The van der Waals surface area contributed by atoms with Gasteiger partial charge in [-0.2, -0.15) is 13.2 Å². The van der Waals surface area contributed by atoms with Crippen LogP contribution < -0.4 is 5.73 Å². The highest BCUT2D eigenvalue weighted by Gasteiger charge is 2.36. The van der Waals surface area contributed by atoms with E-state index in [-0.39, 0.29) is 0 Å². The Balaban J connectivity index is 3.38. The Bertz CT molecular complexity index is 537. The second kappa shape index (κ2) is 4.36. The van der Waals surface area contributed by atoms with Crippen molar-refractivity contribution in [2.75, 3.05) is 5.75 Å². The molecule has 1 rings (SSSR count). The largest absolute Gasteiger partial charge is 0.417 e. The van der Waals surface area contributed by atoms with Gasteiger partial charge < -0.3 is 5.73 Å². The third kappa shape index (κ3) is 3.19. The molecule has 0 heterocycles. The van der Waals surface area contributed by atoms with Crippen molar-refractivity contribution in [2.24, 2.45) is 5.73 Å². The molecule has 0 atom stereocenters. The van der Waals surface area contributed by atoms with E-state index in [1.807, 2.05) is 0 Å². The van der Waals surface area contributed by atoms with Crippen LogP contribution in [0, 0.1) is 5.41 Å². The fourth-order valence-electron chi connectivity index (χ4n) is 1.25. The van der Waals surface area contributed by atoms with Crippen molar-refractivity contribution >= 4 is 15.7 Å². The van der Waals surface area contributed by atoms with Gasteiger partial charge in [-0.15, -0.1) is 0 Å². The predicted octanol–water partition coefficient (Wildman–Crippen LogP) is 1.42. The first-order chi connectivity index (χ1) is 7.64. The van der Waals surface area contributed by atoms with Crippen LogP contribution in [0.1, 0.15) is 5.56 Å². The van der Waals surface area contributed by atoms with Crippen LogP contribution >= 0.6 is 0 Å². The predicted molar refractivity (Wildman–Crippen MR) is 55.4 cm³/mol. The van der Waals surface area contributed by atoms with Crippen LogP contribution in [0.2, 0.25) is 0 Å². The van der Waals surface area contributed by atoms with Gasteiger partial charge in [0.2, 0.25) is 0 Å². The van der Waals surface area contributed by atoms with Crippen molar-refractivity contribution in [2.45, 2.75) is 11.1 Å². The zero-order chi connectivity index (χ0) is 13.3. The summed E-state index contributed by atoms with van der Waals surface area (Å²) in [6.07, 6.45) is -4.76. The topological polar surface area (TPSA) is 84.0 Å². The van der Waals surface area contributed by atoms with Gasteiger partial charge in [-0.05, 0) is 12.1 Å². The molecule has 17 heavy (non-hydrogen) atoms. The molecular weight excluding hydrogens is 257 g/mol. The highest BCUT2D eigenvalue weighted by Crippen LogP contribution is 2.34. The molecule has 0 saturated heterocycles. The van der Waals surface area contributed by atoms with Gasteiger partial charge in [-0.3, -0.25) is 5.41 Å². The van der Waals surface area contributed by atoms with E-state index in [9.17, 15) is 21.6 Å². The average molecular weight is 266 g/mol. The van der Waals surface area contributed by atoms with Crippen LogP contribution in [0.25, 0.3) is 0 Å². The van der Waals surface area contributed by atoms with Gasteiger partial charge in [-0.25, -0.2) is 8.42 Å². The standard InChI is InChI=1S/C9H9F3N2O2S/c10-9(11,12)6-3-1-2-4-7(6)17(15,16)5-8(13)14/h1-4H,5H2,(H3,13,14). The molecule has 1 aromatic carbocycles. The minimum absolute atomic E-state index is 0.674. The van der Waals surface area contributed by atoms with Gasteiger partial charge in [0.05, 0.1) is 10.5 Å². The summed E-state index contributed by atoms with van der Waals surface area (Å²) < 4.78 is 60.9. The first-order valence-electron chi connectivity index (χ1n) is 4.36. The fourth-order valence-corrected chi connectivity index (χ4v) is 2.62. The number of alkyl halides is 3. The lowest BCUT2D eigenvalue weighted by Crippen LogP contribution is -2.24. The number of rotatable bonds is 3. The fraction of sp³-hybridized carbons (Fsp3) is 0.222. The molecule has 0 bridgehead atoms. The summed E-state index contributed by atoms with van der Waals surface area (Å²) in [5.41, 5.74) is 3.65. The van der Waals surface area contributed by atoms with E-state index in [0.717, 1.165) is 12.1 Å². The molecule has 0 aliphatic heterocycles. The molecule has 0 aliphatic rings. The van der Waals surface area contributed by atoms with E-state index >= 15 is 0 Å². The third-order valence-corrected chi connectivity index (χ3v) is 3.59. The van der Waals surface area contributed by atoms with Crippen LogP contribution in [-0.2, 0) is 16.0 Å². The summed E-state index contributed by atoms with van der Waals surface area (Å²) in [5.74, 6) is -1.64. The normalized spacial score (nSPS) is 12.4. The Hall–Kier alpha value is -1.57. The van der Waals surface area contributed by atoms with E-state index in [4.69, 9.17) is 11.1 Å². The van der Waals surface area contributed by atoms with Crippen molar-refractivity contribution in [1.29, 1.82) is 5.41 Å². The molecule has 3 N–H and O–H groups in total. The second-order valence-corrected chi connectivity index (χ2v) is 5.24. The Morgan fingerprint density at radius 1 is 1.29 bits per heavy atom. The van der Waals surface area contributed by atoms with Gasteiger partial charge in [0.1, 0.15) is 11.6 Å². The number of halogens is 3. The maximum atomic E-state index is 12.6. The first-order valence-corrected chi connectivity index (χ1v) is 6.01. The summed E-state index contributed by atoms with van der Waals surface area (Å²) in [6.45, 7) is 0. The van der Waals surface area contributed by atoms with Crippen molar-refractivity contribution in [3.63, 3.8) is 0 Å². The zero-order valence-corrected chi connectivity index (χ0v) is 9.27. The summed E-state index contributed by atoms with van der Waals surface area (Å²) in [6, 6.07) is 3.80. The number of hydrogen-bond acceptors (Lipinski definition) is 3. The number of hydrogen-bond donors (Lipinski definition) is 2. The monoisotopic (exact) mass is 266 g/mol. The van der Waals surface area contributed by atoms with Gasteiger partial charge in [-0.1, -0.05) is 12.1 Å². The third-order valence-electron chi connectivity index (χ3n) is 1.87. The smallest absolute Gasteiger partial charge is 0.387 e. The van der Waals surface area contributed by atoms with Crippen LogP contribution in [-0.4, -0.2) is 20.0 Å². The Morgan fingerprint density at radius 2 is 1.82 bits per heavy atom. The number of amidine groups is 1. The number of nitrogens with one attached hydrogen (secondary N) is 1. The van der Waals surface area contributed by atoms with E-state index in [0.29, 0.717) is 6.07 Å². The molecule has 0 unspecified atom stereocenters. The summed E-state index contributed by atoms with van der Waals surface area (Å²) in [5, 5.41) is 6.84. The van der Waals surface area contributed by atoms with Crippen molar-refractivity contribution in [3.05, 3.63) is 29.8 Å². The molecule has 0 radical (unpaired) electrons. The molecule has 0 aromatic heterocycles. The van der Waals surface area contributed by atoms with Crippen molar-refractivity contribution < 1.29 is 21.6 Å². The maximum absolute atomic E-state index is 12.6. The lowest BCUT2D eigenvalue weighted by atomic mass is 10.2. The highest BCUT2D eigenvalue weighted by atomic mass is 32.2. The van der Waals surface area contributed by atoms with Crippen LogP contribution in [0.15, 0.2) is 29.2 Å². The second-order valence-electron chi connectivity index (χ2n) is 3.28. The average Bonchev–Trinajstić information content (AvgIpc) is 2.14. The van der Waals surface area contributed by atoms with Crippen molar-refractivity contribution in [1.82, 2.24) is 0 Å². The minimum atomic E-state index is -4.76. The molecule has 0 fully saturated rings. The highest BCUT2D eigenvalue weighted by molar-refractivity contribution is 7.92. The molecule has 0 spiro atoms. The molecule has 1 aromatic rings. The van der Waals surface area contributed by atoms with E-state index in [1.54, 1.807) is 0 Å². The number of sulfone groups is 1. The van der Waals surface area contributed by atoms with E-state index in [2.05, 4.69) is 0 Å². The summed E-state index contributed by atoms with van der Waals surface area (Å²) in [4.78, 5) is -0.859. The quantitative estimate of drug-likeness (QED) is 0.641. The molecule has 94 valence electrons. The SMILES string of the molecule is N=C(N)CS(=O)(=O)c1ccccc1C(F)(F)F. The summed E-state index contributed by atoms with van der Waals surface area (Å²) in [7, 11) is -4.24. The van der Waals surface area contributed by atoms with Gasteiger partial charge in [0.25, 0.3) is 0 Å². The minimum Gasteiger partial charge on any atom is -0.387 e. The van der Waals surface area contributed by atoms with E-state index in [1.165, 1.54) is 6.07 Å². The molecule has 0 amide bonds. The Kier molecular flexibility index (Phi) is 3.46. The zero-order valence-electron chi connectivity index (χ0n) is 8.45. The number of benzene rings is 1. The van der Waals surface area contributed by atoms with Crippen molar-refractivity contribution in [3.8, 4) is 0 Å². The van der Waals surface area contributed by atoms with Gasteiger partial charge in [0, 0.05) is 0 Å². The van der Waals surface area contributed by atoms with Crippen LogP contribution in [0.5, 0.6) is 0 Å². The van der Waals surface area contributed by atoms with Gasteiger partial charge in [0.15, 0.2) is 9.84 Å². The summed E-state index contributed by atoms with van der Waals surface area (Å²) >= 11 is 0. The molecule has 4 nitrogen and oxygen atoms in total.